The Kier molecular flexibility index (Phi) is 3.79. The molecule has 0 saturated carbocycles. The number of aromatic nitrogens is 3. The second-order valence-electron chi connectivity index (χ2n) is 6.61. The minimum atomic E-state index is -3.72. The first kappa shape index (κ1) is 17.3. The van der Waals surface area contributed by atoms with Crippen LogP contribution in [0.4, 0.5) is 5.82 Å². The van der Waals surface area contributed by atoms with Gasteiger partial charge in [0.25, 0.3) is 0 Å². The van der Waals surface area contributed by atoms with Gasteiger partial charge >= 0.3 is 5.76 Å². The van der Waals surface area contributed by atoms with E-state index in [0.717, 1.165) is 16.0 Å². The third kappa shape index (κ3) is 2.70. The Bertz CT molecular complexity index is 1370. The normalized spacial score (nSPS) is 15.4. The summed E-state index contributed by atoms with van der Waals surface area (Å²) in [5.74, 6) is 0.294. The van der Waals surface area contributed by atoms with Crippen LogP contribution in [0.1, 0.15) is 0 Å². The Balaban J connectivity index is 1.35. The van der Waals surface area contributed by atoms with Gasteiger partial charge in [0.1, 0.15) is 12.1 Å². The Morgan fingerprint density at radius 3 is 2.89 bits per heavy atom. The number of fused-ring (bicyclic) bond motifs is 2. The Morgan fingerprint density at radius 2 is 2.07 bits per heavy atom. The molecule has 1 aromatic carbocycles. The van der Waals surface area contributed by atoms with Crippen molar-refractivity contribution in [3.8, 4) is 0 Å². The zero-order chi connectivity index (χ0) is 19.5. The fourth-order valence-electron chi connectivity index (χ4n) is 3.29. The van der Waals surface area contributed by atoms with Gasteiger partial charge in [-0.2, -0.15) is 0 Å². The summed E-state index contributed by atoms with van der Waals surface area (Å²) in [6.07, 6.45) is 1.52. The molecule has 1 aliphatic heterocycles. The zero-order valence-corrected chi connectivity index (χ0v) is 16.3. The summed E-state index contributed by atoms with van der Waals surface area (Å²) in [7, 11) is -2.18. The van der Waals surface area contributed by atoms with Crippen molar-refractivity contribution in [3.63, 3.8) is 0 Å². The van der Waals surface area contributed by atoms with Crippen LogP contribution in [-0.4, -0.2) is 42.1 Å². The molecule has 4 aromatic rings. The van der Waals surface area contributed by atoms with Gasteiger partial charge < -0.3 is 9.32 Å². The molecule has 0 radical (unpaired) electrons. The van der Waals surface area contributed by atoms with Gasteiger partial charge in [0.15, 0.2) is 5.58 Å². The number of anilines is 1. The molecular formula is C17H15N5O4S2. The SMILES string of the molecule is Cn1c(=O)oc2ccc(S(=O)(=O)NC3CN(c4ncnc5ccsc45)C3)cc21. The summed E-state index contributed by atoms with van der Waals surface area (Å²) < 4.78 is 35.5. The van der Waals surface area contributed by atoms with E-state index < -0.39 is 15.8 Å². The van der Waals surface area contributed by atoms with Crippen LogP contribution >= 0.6 is 11.3 Å². The van der Waals surface area contributed by atoms with Crippen LogP contribution in [-0.2, 0) is 17.1 Å². The molecule has 0 spiro atoms. The van der Waals surface area contributed by atoms with Gasteiger partial charge in [-0.1, -0.05) is 0 Å². The Labute approximate surface area is 163 Å². The fourth-order valence-corrected chi connectivity index (χ4v) is 5.39. The van der Waals surface area contributed by atoms with E-state index in [9.17, 15) is 13.2 Å². The van der Waals surface area contributed by atoms with Crippen molar-refractivity contribution in [1.82, 2.24) is 19.3 Å². The summed E-state index contributed by atoms with van der Waals surface area (Å²) in [5, 5.41) is 1.96. The average molecular weight is 417 g/mol. The number of nitrogens with zero attached hydrogens (tertiary/aromatic N) is 4. The topological polar surface area (TPSA) is 110 Å². The van der Waals surface area contributed by atoms with Gasteiger partial charge in [-0.25, -0.2) is 27.9 Å². The van der Waals surface area contributed by atoms with Crippen molar-refractivity contribution in [2.75, 3.05) is 18.0 Å². The van der Waals surface area contributed by atoms with Crippen molar-refractivity contribution in [2.45, 2.75) is 10.9 Å². The molecule has 1 fully saturated rings. The van der Waals surface area contributed by atoms with Gasteiger partial charge in [0.2, 0.25) is 10.0 Å². The predicted octanol–water partition coefficient (Wildman–Crippen LogP) is 1.30. The van der Waals surface area contributed by atoms with Crippen LogP contribution in [0, 0.1) is 0 Å². The number of benzene rings is 1. The molecule has 0 amide bonds. The Hall–Kier alpha value is -2.76. The largest absolute Gasteiger partial charge is 0.419 e. The van der Waals surface area contributed by atoms with Crippen LogP contribution in [0.5, 0.6) is 0 Å². The summed E-state index contributed by atoms with van der Waals surface area (Å²) >= 11 is 1.57. The van der Waals surface area contributed by atoms with Crippen molar-refractivity contribution in [2.24, 2.45) is 7.05 Å². The molecule has 4 heterocycles. The zero-order valence-electron chi connectivity index (χ0n) is 14.7. The van der Waals surface area contributed by atoms with Crippen LogP contribution in [0.3, 0.4) is 0 Å². The molecule has 0 unspecified atom stereocenters. The smallest absolute Gasteiger partial charge is 0.408 e. The van der Waals surface area contributed by atoms with E-state index in [1.54, 1.807) is 11.3 Å². The number of aryl methyl sites for hydroxylation is 1. The highest BCUT2D eigenvalue weighted by Crippen LogP contribution is 2.30. The average Bonchev–Trinajstić information content (AvgIpc) is 3.22. The second kappa shape index (κ2) is 6.12. The molecule has 0 bridgehead atoms. The lowest BCUT2D eigenvalue weighted by Gasteiger charge is -2.40. The minimum Gasteiger partial charge on any atom is -0.408 e. The molecule has 11 heteroatoms. The van der Waals surface area contributed by atoms with Gasteiger partial charge in [0, 0.05) is 20.1 Å². The molecule has 28 heavy (non-hydrogen) atoms. The van der Waals surface area contributed by atoms with E-state index in [1.807, 2.05) is 16.3 Å². The summed E-state index contributed by atoms with van der Waals surface area (Å²) in [6.45, 7) is 1.05. The fraction of sp³-hybridized carbons (Fsp3) is 0.235. The molecule has 0 aliphatic carbocycles. The highest BCUT2D eigenvalue weighted by Gasteiger charge is 2.33. The maximum Gasteiger partial charge on any atom is 0.419 e. The molecule has 1 N–H and O–H groups in total. The number of oxazole rings is 1. The van der Waals surface area contributed by atoms with E-state index in [4.69, 9.17) is 4.42 Å². The van der Waals surface area contributed by atoms with Gasteiger partial charge in [0.05, 0.1) is 26.7 Å². The molecule has 3 aromatic heterocycles. The first-order chi connectivity index (χ1) is 13.4. The quantitative estimate of drug-likeness (QED) is 0.533. The molecule has 1 aliphatic rings. The molecule has 144 valence electrons. The van der Waals surface area contributed by atoms with Crippen LogP contribution in [0.2, 0.25) is 0 Å². The number of thiophene rings is 1. The standard InChI is InChI=1S/C17H15N5O4S2/c1-21-13-6-11(2-3-14(13)26-17(21)23)28(24,25)20-10-7-22(8-10)16-15-12(4-5-27-15)18-9-19-16/h2-6,9-10,20H,7-8H2,1H3. The molecule has 9 nitrogen and oxygen atoms in total. The number of rotatable bonds is 4. The number of hydrogen-bond acceptors (Lipinski definition) is 8. The van der Waals surface area contributed by atoms with Gasteiger partial charge in [-0.15, -0.1) is 11.3 Å². The maximum atomic E-state index is 12.7. The molecular weight excluding hydrogens is 402 g/mol. The molecule has 0 atom stereocenters. The van der Waals surface area contributed by atoms with Gasteiger partial charge in [-0.05, 0) is 29.6 Å². The van der Waals surface area contributed by atoms with Crippen molar-refractivity contribution >= 4 is 48.5 Å². The Morgan fingerprint density at radius 1 is 1.25 bits per heavy atom. The predicted molar refractivity (Wildman–Crippen MR) is 105 cm³/mol. The lowest BCUT2D eigenvalue weighted by molar-refractivity contribution is 0.467. The van der Waals surface area contributed by atoms with Gasteiger partial charge in [-0.3, -0.25) is 4.57 Å². The lowest BCUT2D eigenvalue weighted by Crippen LogP contribution is -2.59. The molecule has 5 rings (SSSR count). The number of hydrogen-bond donors (Lipinski definition) is 1. The highest BCUT2D eigenvalue weighted by molar-refractivity contribution is 7.89. The summed E-state index contributed by atoms with van der Waals surface area (Å²) in [6, 6.07) is 6.08. The first-order valence-electron chi connectivity index (χ1n) is 8.47. The van der Waals surface area contributed by atoms with Crippen LogP contribution in [0.25, 0.3) is 21.3 Å². The lowest BCUT2D eigenvalue weighted by atomic mass is 10.1. The minimum absolute atomic E-state index is 0.0949. The van der Waals surface area contributed by atoms with Crippen LogP contribution in [0.15, 0.2) is 50.1 Å². The van der Waals surface area contributed by atoms with E-state index in [-0.39, 0.29) is 10.9 Å². The summed E-state index contributed by atoms with van der Waals surface area (Å²) in [5.41, 5.74) is 1.67. The van der Waals surface area contributed by atoms with E-state index in [1.165, 1.54) is 36.1 Å². The van der Waals surface area contributed by atoms with Crippen molar-refractivity contribution < 1.29 is 12.8 Å². The van der Waals surface area contributed by atoms with Crippen molar-refractivity contribution in [1.29, 1.82) is 0 Å². The third-order valence-electron chi connectivity index (χ3n) is 4.80. The number of sulfonamides is 1. The monoisotopic (exact) mass is 417 g/mol. The van der Waals surface area contributed by atoms with Crippen molar-refractivity contribution in [3.05, 3.63) is 46.5 Å². The van der Waals surface area contributed by atoms with E-state index in [2.05, 4.69) is 14.7 Å². The van der Waals surface area contributed by atoms with E-state index >= 15 is 0 Å². The summed E-state index contributed by atoms with van der Waals surface area (Å²) in [4.78, 5) is 22.3. The maximum absolute atomic E-state index is 12.7. The highest BCUT2D eigenvalue weighted by atomic mass is 32.2. The molecule has 1 saturated heterocycles. The van der Waals surface area contributed by atoms with E-state index in [0.29, 0.717) is 24.2 Å². The second-order valence-corrected chi connectivity index (χ2v) is 9.24. The number of nitrogens with one attached hydrogen (secondary N) is 1. The first-order valence-corrected chi connectivity index (χ1v) is 10.8. The van der Waals surface area contributed by atoms with Crippen LogP contribution < -0.4 is 15.4 Å². The third-order valence-corrected chi connectivity index (χ3v) is 7.22.